The van der Waals surface area contributed by atoms with Gasteiger partial charge in [-0.05, 0) is 42.2 Å². The Hall–Kier alpha value is -1.76. The molecule has 0 saturated carbocycles. The van der Waals surface area contributed by atoms with Gasteiger partial charge < -0.3 is 10.2 Å². The molecular formula is C24H29Cl2FN2O2S. The maximum absolute atomic E-state index is 13.9. The van der Waals surface area contributed by atoms with Gasteiger partial charge in [0.15, 0.2) is 0 Å². The summed E-state index contributed by atoms with van der Waals surface area (Å²) in [5.41, 5.74) is 1.33. The molecule has 174 valence electrons. The zero-order chi connectivity index (χ0) is 23.5. The second-order valence-corrected chi connectivity index (χ2v) is 9.22. The number of thioether (sulfide) groups is 1. The number of carbonyl (C=O) groups excluding carboxylic acids is 2. The predicted octanol–water partition coefficient (Wildman–Crippen LogP) is 6.09. The summed E-state index contributed by atoms with van der Waals surface area (Å²) in [6.07, 6.45) is 2.32. The zero-order valence-electron chi connectivity index (χ0n) is 18.4. The molecule has 0 aliphatic carbocycles. The fourth-order valence-corrected chi connectivity index (χ4v) is 4.42. The molecule has 2 amide bonds. The second kappa shape index (κ2) is 13.7. The fraction of sp³-hybridized carbons (Fsp3) is 0.417. The van der Waals surface area contributed by atoms with Crippen LogP contribution in [0, 0.1) is 5.82 Å². The number of unbranched alkanes of at least 4 members (excludes halogenated alkanes) is 1. The number of hydrogen-bond acceptors (Lipinski definition) is 3. The van der Waals surface area contributed by atoms with Crippen LogP contribution in [0.2, 0.25) is 10.0 Å². The molecule has 32 heavy (non-hydrogen) atoms. The maximum atomic E-state index is 13.9. The molecule has 0 saturated heterocycles. The first kappa shape index (κ1) is 26.5. The molecule has 2 aromatic rings. The van der Waals surface area contributed by atoms with Crippen LogP contribution in [-0.2, 0) is 21.9 Å². The van der Waals surface area contributed by atoms with Gasteiger partial charge in [0, 0.05) is 18.8 Å². The number of halogens is 3. The first-order valence-electron chi connectivity index (χ1n) is 10.7. The van der Waals surface area contributed by atoms with Crippen molar-refractivity contribution in [3.05, 3.63) is 69.5 Å². The van der Waals surface area contributed by atoms with Gasteiger partial charge in [0.05, 0.1) is 15.8 Å². The maximum Gasteiger partial charge on any atom is 0.242 e. The van der Waals surface area contributed by atoms with Crippen molar-refractivity contribution in [2.45, 2.75) is 51.4 Å². The number of rotatable bonds is 12. The van der Waals surface area contributed by atoms with Crippen molar-refractivity contribution in [3.63, 3.8) is 0 Å². The molecule has 2 aromatic carbocycles. The molecule has 0 spiro atoms. The molecule has 0 radical (unpaired) electrons. The number of carbonyl (C=O) groups is 2. The molecule has 0 heterocycles. The number of benzene rings is 2. The average Bonchev–Trinajstić information content (AvgIpc) is 2.77. The van der Waals surface area contributed by atoms with Crippen LogP contribution in [0.4, 0.5) is 4.39 Å². The van der Waals surface area contributed by atoms with Gasteiger partial charge in [-0.1, -0.05) is 67.7 Å². The summed E-state index contributed by atoms with van der Waals surface area (Å²) < 4.78 is 13.9. The van der Waals surface area contributed by atoms with E-state index >= 15 is 0 Å². The van der Waals surface area contributed by atoms with Crippen molar-refractivity contribution in [2.75, 3.05) is 12.3 Å². The molecule has 2 rings (SSSR count). The highest BCUT2D eigenvalue weighted by molar-refractivity contribution is 7.99. The van der Waals surface area contributed by atoms with Crippen LogP contribution in [0.3, 0.4) is 0 Å². The minimum absolute atomic E-state index is 0.133. The van der Waals surface area contributed by atoms with E-state index < -0.39 is 6.04 Å². The minimum atomic E-state index is -0.608. The molecule has 0 fully saturated rings. The lowest BCUT2D eigenvalue weighted by atomic mass is 10.1. The summed E-state index contributed by atoms with van der Waals surface area (Å²) >= 11 is 13.5. The van der Waals surface area contributed by atoms with Crippen molar-refractivity contribution >= 4 is 46.8 Å². The van der Waals surface area contributed by atoms with Crippen molar-refractivity contribution in [1.82, 2.24) is 10.2 Å². The summed E-state index contributed by atoms with van der Waals surface area (Å²) in [5.74, 6) is -0.141. The van der Waals surface area contributed by atoms with Crippen LogP contribution in [0.25, 0.3) is 0 Å². The van der Waals surface area contributed by atoms with E-state index in [0.717, 1.165) is 18.4 Å². The molecule has 0 aliphatic rings. The van der Waals surface area contributed by atoms with Gasteiger partial charge in [-0.25, -0.2) is 4.39 Å². The SMILES string of the molecule is CCCCNC(=O)[C@@H](CC)N(Cc1ccc(Cl)c(Cl)c1)C(=O)CSCc1ccccc1F. The topological polar surface area (TPSA) is 49.4 Å². The average molecular weight is 499 g/mol. The van der Waals surface area contributed by atoms with E-state index in [1.807, 2.05) is 6.92 Å². The quantitative estimate of drug-likeness (QED) is 0.360. The van der Waals surface area contributed by atoms with Gasteiger partial charge in [-0.2, -0.15) is 0 Å². The van der Waals surface area contributed by atoms with Crippen molar-refractivity contribution in [3.8, 4) is 0 Å². The lowest BCUT2D eigenvalue weighted by Crippen LogP contribution is -2.49. The van der Waals surface area contributed by atoms with E-state index in [1.54, 1.807) is 41.3 Å². The van der Waals surface area contributed by atoms with Gasteiger partial charge in [0.2, 0.25) is 11.8 Å². The first-order valence-corrected chi connectivity index (χ1v) is 12.6. The lowest BCUT2D eigenvalue weighted by Gasteiger charge is -2.30. The number of nitrogens with one attached hydrogen (secondary N) is 1. The summed E-state index contributed by atoms with van der Waals surface area (Å²) in [6, 6.07) is 11.1. The second-order valence-electron chi connectivity index (χ2n) is 7.42. The van der Waals surface area contributed by atoms with Crippen molar-refractivity contribution < 1.29 is 14.0 Å². The highest BCUT2D eigenvalue weighted by Gasteiger charge is 2.28. The Balaban J connectivity index is 2.15. The predicted molar refractivity (Wildman–Crippen MR) is 132 cm³/mol. The van der Waals surface area contributed by atoms with Crippen LogP contribution in [0.1, 0.15) is 44.2 Å². The highest BCUT2D eigenvalue weighted by atomic mass is 35.5. The molecule has 1 atom stereocenters. The first-order chi connectivity index (χ1) is 15.4. The summed E-state index contributed by atoms with van der Waals surface area (Å²) in [6.45, 7) is 4.74. The number of amides is 2. The zero-order valence-corrected chi connectivity index (χ0v) is 20.7. The van der Waals surface area contributed by atoms with Crippen LogP contribution in [0.5, 0.6) is 0 Å². The third-order valence-corrected chi connectivity index (χ3v) is 6.70. The van der Waals surface area contributed by atoms with E-state index in [2.05, 4.69) is 12.2 Å². The van der Waals surface area contributed by atoms with Crippen LogP contribution >= 0.6 is 35.0 Å². The van der Waals surface area contributed by atoms with E-state index in [1.165, 1.54) is 17.8 Å². The standard InChI is InChI=1S/C24H29Cl2FN2O2S/c1-3-5-12-28-24(31)22(4-2)29(14-17-10-11-19(25)20(26)13-17)23(30)16-32-15-18-8-6-7-9-21(18)27/h6-11,13,22H,3-5,12,14-16H2,1-2H3,(H,28,31)/t22-/m1/s1. The fourth-order valence-electron chi connectivity index (χ4n) is 3.21. The molecule has 0 aliphatic heterocycles. The molecular weight excluding hydrogens is 470 g/mol. The molecule has 0 aromatic heterocycles. The number of nitrogens with zero attached hydrogens (tertiary/aromatic N) is 1. The molecule has 8 heteroatoms. The lowest BCUT2D eigenvalue weighted by molar-refractivity contribution is -0.139. The highest BCUT2D eigenvalue weighted by Crippen LogP contribution is 2.25. The monoisotopic (exact) mass is 498 g/mol. The van der Waals surface area contributed by atoms with E-state index in [9.17, 15) is 14.0 Å². The van der Waals surface area contributed by atoms with Crippen molar-refractivity contribution in [1.29, 1.82) is 0 Å². The molecule has 1 N–H and O–H groups in total. The molecule has 0 bridgehead atoms. The Morgan fingerprint density at radius 2 is 1.88 bits per heavy atom. The van der Waals surface area contributed by atoms with Gasteiger partial charge in [0.25, 0.3) is 0 Å². The normalized spacial score (nSPS) is 11.8. The Morgan fingerprint density at radius 1 is 1.12 bits per heavy atom. The molecule has 0 unspecified atom stereocenters. The van der Waals surface area contributed by atoms with E-state index in [4.69, 9.17) is 23.2 Å². The third kappa shape index (κ3) is 7.98. The van der Waals surface area contributed by atoms with Crippen LogP contribution in [-0.4, -0.2) is 35.1 Å². The molecule has 4 nitrogen and oxygen atoms in total. The smallest absolute Gasteiger partial charge is 0.242 e. The largest absolute Gasteiger partial charge is 0.354 e. The van der Waals surface area contributed by atoms with Crippen LogP contribution in [0.15, 0.2) is 42.5 Å². The van der Waals surface area contributed by atoms with E-state index in [-0.39, 0.29) is 29.9 Å². The van der Waals surface area contributed by atoms with Gasteiger partial charge in [-0.15, -0.1) is 11.8 Å². The number of hydrogen-bond donors (Lipinski definition) is 1. The van der Waals surface area contributed by atoms with E-state index in [0.29, 0.717) is 34.3 Å². The third-order valence-electron chi connectivity index (χ3n) is 4.99. The van der Waals surface area contributed by atoms with Gasteiger partial charge in [-0.3, -0.25) is 9.59 Å². The summed E-state index contributed by atoms with van der Waals surface area (Å²) in [4.78, 5) is 27.6. The summed E-state index contributed by atoms with van der Waals surface area (Å²) in [5, 5.41) is 3.75. The Labute approximate surface area is 203 Å². The van der Waals surface area contributed by atoms with Crippen LogP contribution < -0.4 is 5.32 Å². The summed E-state index contributed by atoms with van der Waals surface area (Å²) in [7, 11) is 0. The Kier molecular flexibility index (Phi) is 11.4. The van der Waals surface area contributed by atoms with Gasteiger partial charge in [0.1, 0.15) is 11.9 Å². The Bertz CT molecular complexity index is 913. The van der Waals surface area contributed by atoms with Gasteiger partial charge >= 0.3 is 0 Å². The minimum Gasteiger partial charge on any atom is -0.354 e. The van der Waals surface area contributed by atoms with Crippen molar-refractivity contribution in [2.24, 2.45) is 0 Å². The Morgan fingerprint density at radius 3 is 2.53 bits per heavy atom.